The van der Waals surface area contributed by atoms with E-state index in [9.17, 15) is 13.6 Å². The normalized spacial score (nSPS) is 10.7. The number of carbonyl (C=O) groups is 1. The highest BCUT2D eigenvalue weighted by Gasteiger charge is 2.15. The summed E-state index contributed by atoms with van der Waals surface area (Å²) in [7, 11) is 0. The number of hydrogen-bond donors (Lipinski definition) is 0. The highest BCUT2D eigenvalue weighted by Crippen LogP contribution is 2.22. The lowest BCUT2D eigenvalue weighted by atomic mass is 10.00. The highest BCUT2D eigenvalue weighted by molar-refractivity contribution is 6.08. The number of carbonyl (C=O) groups excluding carboxylic acids is 1. The van der Waals surface area contributed by atoms with Crippen molar-refractivity contribution in [2.45, 2.75) is 13.3 Å². The predicted octanol–water partition coefficient (Wildman–Crippen LogP) is 3.56. The van der Waals surface area contributed by atoms with Crippen molar-refractivity contribution >= 4 is 5.78 Å². The van der Waals surface area contributed by atoms with Crippen LogP contribution in [0.15, 0.2) is 42.6 Å². The first-order valence-corrected chi connectivity index (χ1v) is 5.44. The van der Waals surface area contributed by atoms with Gasteiger partial charge in [-0.05, 0) is 30.7 Å². The molecule has 0 unspecified atom stereocenters. The number of pyridine rings is 1. The Kier molecular flexibility index (Phi) is 3.46. The van der Waals surface area contributed by atoms with E-state index in [1.165, 1.54) is 24.4 Å². The lowest BCUT2D eigenvalue weighted by Gasteiger charge is -2.07. The van der Waals surface area contributed by atoms with Gasteiger partial charge in [-0.3, -0.25) is 9.78 Å². The van der Waals surface area contributed by atoms with Crippen molar-refractivity contribution < 1.29 is 13.6 Å². The van der Waals surface area contributed by atoms with Crippen LogP contribution in [-0.4, -0.2) is 10.8 Å². The largest absolute Gasteiger partial charge is 0.287 e. The maximum absolute atomic E-state index is 12.5. The van der Waals surface area contributed by atoms with Gasteiger partial charge >= 0.3 is 0 Å². The van der Waals surface area contributed by atoms with Gasteiger partial charge in [-0.2, -0.15) is 0 Å². The van der Waals surface area contributed by atoms with Crippen LogP contribution in [0, 0.1) is 6.92 Å². The van der Waals surface area contributed by atoms with Crippen molar-refractivity contribution in [3.05, 3.63) is 65.0 Å². The molecular formula is C14H11F2NO. The van der Waals surface area contributed by atoms with Crippen LogP contribution in [0.2, 0.25) is 0 Å². The Bertz CT molecular complexity index is 567. The molecule has 1 aromatic carbocycles. The SMILES string of the molecule is Cc1cc(C(F)F)ccc1C(=O)c1ccccn1. The van der Waals surface area contributed by atoms with E-state index in [4.69, 9.17) is 0 Å². The van der Waals surface area contributed by atoms with E-state index in [0.29, 0.717) is 16.8 Å². The number of benzene rings is 1. The number of rotatable bonds is 3. The zero-order chi connectivity index (χ0) is 13.1. The Labute approximate surface area is 103 Å². The first-order valence-electron chi connectivity index (χ1n) is 5.44. The van der Waals surface area contributed by atoms with Crippen LogP contribution in [0.5, 0.6) is 0 Å². The van der Waals surface area contributed by atoms with Gasteiger partial charge in [0.2, 0.25) is 5.78 Å². The van der Waals surface area contributed by atoms with E-state index in [1.807, 2.05) is 0 Å². The predicted molar refractivity (Wildman–Crippen MR) is 63.8 cm³/mol. The number of hydrogen-bond acceptors (Lipinski definition) is 2. The first-order chi connectivity index (χ1) is 8.59. The second-order valence-corrected chi connectivity index (χ2v) is 3.92. The number of aromatic nitrogens is 1. The molecule has 1 aromatic heterocycles. The van der Waals surface area contributed by atoms with Gasteiger partial charge in [0.15, 0.2) is 0 Å². The Morgan fingerprint density at radius 1 is 1.22 bits per heavy atom. The van der Waals surface area contributed by atoms with E-state index >= 15 is 0 Å². The summed E-state index contributed by atoms with van der Waals surface area (Å²) in [5.41, 5.74) is 1.16. The Hall–Kier alpha value is -2.10. The summed E-state index contributed by atoms with van der Waals surface area (Å²) in [6.45, 7) is 1.64. The van der Waals surface area contributed by atoms with Crippen molar-refractivity contribution in [1.82, 2.24) is 4.98 Å². The molecule has 0 aliphatic heterocycles. The molecule has 0 fully saturated rings. The minimum absolute atomic E-state index is 0.0786. The molecule has 0 saturated carbocycles. The van der Waals surface area contributed by atoms with E-state index in [0.717, 1.165) is 0 Å². The molecule has 0 amide bonds. The number of halogens is 2. The molecule has 0 spiro atoms. The first kappa shape index (κ1) is 12.4. The average molecular weight is 247 g/mol. The van der Waals surface area contributed by atoms with Gasteiger partial charge in [0.05, 0.1) is 0 Å². The fourth-order valence-electron chi connectivity index (χ4n) is 1.71. The fraction of sp³-hybridized carbons (Fsp3) is 0.143. The van der Waals surface area contributed by atoms with Gasteiger partial charge < -0.3 is 0 Å². The van der Waals surface area contributed by atoms with Gasteiger partial charge in [-0.25, -0.2) is 8.78 Å². The second-order valence-electron chi connectivity index (χ2n) is 3.92. The zero-order valence-electron chi connectivity index (χ0n) is 9.73. The van der Waals surface area contributed by atoms with Crippen LogP contribution in [0.1, 0.15) is 33.6 Å². The Morgan fingerprint density at radius 3 is 2.56 bits per heavy atom. The quantitative estimate of drug-likeness (QED) is 0.776. The maximum atomic E-state index is 12.5. The summed E-state index contributed by atoms with van der Waals surface area (Å²) in [5.74, 6) is -0.256. The summed E-state index contributed by atoms with van der Waals surface area (Å²) < 4.78 is 25.0. The van der Waals surface area contributed by atoms with Crippen molar-refractivity contribution in [3.63, 3.8) is 0 Å². The number of alkyl halides is 2. The molecule has 2 nitrogen and oxygen atoms in total. The van der Waals surface area contributed by atoms with Crippen molar-refractivity contribution in [3.8, 4) is 0 Å². The Balaban J connectivity index is 2.38. The third kappa shape index (κ3) is 2.42. The lowest BCUT2D eigenvalue weighted by molar-refractivity contribution is 0.103. The topological polar surface area (TPSA) is 30.0 Å². The zero-order valence-corrected chi connectivity index (χ0v) is 9.73. The standard InChI is InChI=1S/C14H11F2NO/c1-9-8-10(14(15)16)5-6-11(9)13(18)12-4-2-3-7-17-12/h2-8,14H,1H3. The molecule has 2 aromatic rings. The average Bonchev–Trinajstić information content (AvgIpc) is 2.38. The summed E-state index contributed by atoms with van der Waals surface area (Å²) in [4.78, 5) is 16.1. The van der Waals surface area contributed by atoms with E-state index in [-0.39, 0.29) is 11.3 Å². The third-order valence-electron chi connectivity index (χ3n) is 2.64. The van der Waals surface area contributed by atoms with Gasteiger partial charge in [0.25, 0.3) is 6.43 Å². The Morgan fingerprint density at radius 2 is 2.00 bits per heavy atom. The van der Waals surface area contributed by atoms with Gasteiger partial charge in [-0.15, -0.1) is 0 Å². The third-order valence-corrected chi connectivity index (χ3v) is 2.64. The van der Waals surface area contributed by atoms with Crippen LogP contribution in [-0.2, 0) is 0 Å². The molecule has 2 rings (SSSR count). The molecule has 0 aliphatic carbocycles. The molecule has 0 saturated heterocycles. The van der Waals surface area contributed by atoms with Crippen LogP contribution in [0.3, 0.4) is 0 Å². The second kappa shape index (κ2) is 5.04. The summed E-state index contributed by atoms with van der Waals surface area (Å²) >= 11 is 0. The smallest absolute Gasteiger partial charge is 0.263 e. The minimum Gasteiger partial charge on any atom is -0.287 e. The molecule has 92 valence electrons. The fourth-order valence-corrected chi connectivity index (χ4v) is 1.71. The lowest BCUT2D eigenvalue weighted by Crippen LogP contribution is -2.06. The molecule has 0 bridgehead atoms. The number of ketones is 1. The van der Waals surface area contributed by atoms with Crippen LogP contribution in [0.25, 0.3) is 0 Å². The van der Waals surface area contributed by atoms with Gasteiger partial charge in [0, 0.05) is 17.3 Å². The van der Waals surface area contributed by atoms with E-state index < -0.39 is 6.43 Å². The van der Waals surface area contributed by atoms with E-state index in [2.05, 4.69) is 4.98 Å². The van der Waals surface area contributed by atoms with Gasteiger partial charge in [0.1, 0.15) is 5.69 Å². The maximum Gasteiger partial charge on any atom is 0.263 e. The summed E-state index contributed by atoms with van der Waals surface area (Å²) in [5, 5.41) is 0. The van der Waals surface area contributed by atoms with Crippen molar-refractivity contribution in [2.24, 2.45) is 0 Å². The number of aryl methyl sites for hydroxylation is 1. The molecule has 0 aliphatic rings. The van der Waals surface area contributed by atoms with Crippen molar-refractivity contribution in [1.29, 1.82) is 0 Å². The van der Waals surface area contributed by atoms with E-state index in [1.54, 1.807) is 25.1 Å². The monoisotopic (exact) mass is 247 g/mol. The molecule has 0 N–H and O–H groups in total. The summed E-state index contributed by atoms with van der Waals surface area (Å²) in [6.07, 6.45) is -1.00. The number of nitrogens with zero attached hydrogens (tertiary/aromatic N) is 1. The van der Waals surface area contributed by atoms with Crippen molar-refractivity contribution in [2.75, 3.05) is 0 Å². The summed E-state index contributed by atoms with van der Waals surface area (Å²) in [6, 6.07) is 9.05. The van der Waals surface area contributed by atoms with Crippen LogP contribution < -0.4 is 0 Å². The minimum atomic E-state index is -2.53. The van der Waals surface area contributed by atoms with Crippen LogP contribution >= 0.6 is 0 Å². The molecular weight excluding hydrogens is 236 g/mol. The van der Waals surface area contributed by atoms with Gasteiger partial charge in [-0.1, -0.05) is 18.2 Å². The van der Waals surface area contributed by atoms with Crippen LogP contribution in [0.4, 0.5) is 8.78 Å². The molecule has 1 heterocycles. The molecule has 0 atom stereocenters. The molecule has 18 heavy (non-hydrogen) atoms. The highest BCUT2D eigenvalue weighted by atomic mass is 19.3. The molecule has 0 radical (unpaired) electrons. The molecule has 4 heteroatoms.